The third-order valence-electron chi connectivity index (χ3n) is 2.08. The zero-order valence-electron chi connectivity index (χ0n) is 9.79. The van der Waals surface area contributed by atoms with Crippen LogP contribution in [0, 0.1) is 0 Å². The monoisotopic (exact) mass is 322 g/mol. The van der Waals surface area contributed by atoms with Gasteiger partial charge in [-0.2, -0.15) is 8.78 Å². The van der Waals surface area contributed by atoms with Crippen molar-refractivity contribution in [2.24, 2.45) is 0 Å². The summed E-state index contributed by atoms with van der Waals surface area (Å²) < 4.78 is 37.2. The van der Waals surface area contributed by atoms with Crippen molar-refractivity contribution < 1.29 is 23.0 Å². The average Bonchev–Trinajstić information content (AvgIpc) is 2.29. The molecule has 0 N–H and O–H groups in total. The molecule has 0 atom stereocenters. The van der Waals surface area contributed by atoms with Crippen LogP contribution in [-0.4, -0.2) is 25.8 Å². The number of alkyl halides is 2. The summed E-state index contributed by atoms with van der Waals surface area (Å²) in [5.74, 6) is -3.78. The molecule has 0 spiro atoms. The predicted octanol–water partition coefficient (Wildman–Crippen LogP) is 3.12. The first kappa shape index (κ1) is 15.0. The van der Waals surface area contributed by atoms with Crippen molar-refractivity contribution in [3.05, 3.63) is 34.3 Å². The maximum absolute atomic E-state index is 13.6. The van der Waals surface area contributed by atoms with E-state index < -0.39 is 25.1 Å². The van der Waals surface area contributed by atoms with E-state index in [9.17, 15) is 13.6 Å². The minimum atomic E-state index is -3.13. The van der Waals surface area contributed by atoms with E-state index >= 15 is 0 Å². The first-order chi connectivity index (χ1) is 8.45. The molecule has 1 rings (SSSR count). The molecule has 18 heavy (non-hydrogen) atoms. The predicted molar refractivity (Wildman–Crippen MR) is 65.5 cm³/mol. The first-order valence-corrected chi connectivity index (χ1v) is 6.12. The number of ether oxygens (including phenoxy) is 2. The Morgan fingerprint density at radius 2 is 1.94 bits per heavy atom. The molecule has 6 heteroatoms. The van der Waals surface area contributed by atoms with E-state index in [2.05, 4.69) is 25.4 Å². The highest BCUT2D eigenvalue weighted by Gasteiger charge is 2.32. The van der Waals surface area contributed by atoms with E-state index in [0.29, 0.717) is 0 Å². The van der Waals surface area contributed by atoms with E-state index in [-0.39, 0.29) is 12.2 Å². The maximum atomic E-state index is 13.6. The lowest BCUT2D eigenvalue weighted by Gasteiger charge is -2.16. The first-order valence-electron chi connectivity index (χ1n) is 5.33. The molecular weight excluding hydrogens is 310 g/mol. The SMILES string of the molecule is CCOC(=O)COCC(F)(F)c1ccc(Br)cc1. The minimum absolute atomic E-state index is 0.158. The molecule has 0 aliphatic carbocycles. The normalized spacial score (nSPS) is 11.3. The molecule has 0 bridgehead atoms. The molecule has 0 unspecified atom stereocenters. The van der Waals surface area contributed by atoms with Crippen molar-refractivity contribution >= 4 is 21.9 Å². The fourth-order valence-electron chi connectivity index (χ4n) is 1.24. The molecule has 0 heterocycles. The summed E-state index contributed by atoms with van der Waals surface area (Å²) in [4.78, 5) is 10.9. The largest absolute Gasteiger partial charge is 0.464 e. The summed E-state index contributed by atoms with van der Waals surface area (Å²) in [6.45, 7) is 0.507. The molecule has 0 fully saturated rings. The molecular formula is C12H13BrF2O3. The zero-order chi connectivity index (χ0) is 13.6. The van der Waals surface area contributed by atoms with E-state index in [1.807, 2.05) is 0 Å². The number of rotatable bonds is 6. The second kappa shape index (κ2) is 6.80. The van der Waals surface area contributed by atoms with Crippen LogP contribution in [0.15, 0.2) is 28.7 Å². The van der Waals surface area contributed by atoms with Crippen LogP contribution in [0.25, 0.3) is 0 Å². The fraction of sp³-hybridized carbons (Fsp3) is 0.417. The van der Waals surface area contributed by atoms with Crippen LogP contribution in [0.2, 0.25) is 0 Å². The van der Waals surface area contributed by atoms with Crippen molar-refractivity contribution in [2.75, 3.05) is 19.8 Å². The van der Waals surface area contributed by atoms with Crippen molar-refractivity contribution in [3.63, 3.8) is 0 Å². The molecule has 1 aromatic carbocycles. The van der Waals surface area contributed by atoms with Gasteiger partial charge in [0.1, 0.15) is 13.2 Å². The van der Waals surface area contributed by atoms with Gasteiger partial charge in [0.15, 0.2) is 0 Å². The molecule has 0 saturated heterocycles. The highest BCUT2D eigenvalue weighted by molar-refractivity contribution is 9.10. The number of benzene rings is 1. The van der Waals surface area contributed by atoms with Crippen molar-refractivity contribution in [2.45, 2.75) is 12.8 Å². The number of hydrogen-bond acceptors (Lipinski definition) is 3. The third-order valence-corrected chi connectivity index (χ3v) is 2.60. The molecule has 100 valence electrons. The van der Waals surface area contributed by atoms with Crippen molar-refractivity contribution in [3.8, 4) is 0 Å². The molecule has 0 radical (unpaired) electrons. The highest BCUT2D eigenvalue weighted by Crippen LogP contribution is 2.29. The average molecular weight is 323 g/mol. The lowest BCUT2D eigenvalue weighted by molar-refractivity contribution is -0.153. The Labute approximate surface area is 112 Å². The van der Waals surface area contributed by atoms with E-state index in [4.69, 9.17) is 0 Å². The van der Waals surface area contributed by atoms with E-state index in [1.165, 1.54) is 24.3 Å². The molecule has 1 aromatic rings. The molecule has 0 amide bonds. The van der Waals surface area contributed by atoms with Gasteiger partial charge in [-0.05, 0) is 19.1 Å². The minimum Gasteiger partial charge on any atom is -0.464 e. The number of halogens is 3. The van der Waals surface area contributed by atoms with Gasteiger partial charge in [0.25, 0.3) is 5.92 Å². The van der Waals surface area contributed by atoms with Crippen LogP contribution in [-0.2, 0) is 20.2 Å². The summed E-state index contributed by atoms with van der Waals surface area (Å²) in [6.07, 6.45) is 0. The Morgan fingerprint density at radius 1 is 1.33 bits per heavy atom. The highest BCUT2D eigenvalue weighted by atomic mass is 79.9. The van der Waals surface area contributed by atoms with Gasteiger partial charge in [-0.3, -0.25) is 0 Å². The van der Waals surface area contributed by atoms with Crippen LogP contribution in [0.5, 0.6) is 0 Å². The lowest BCUT2D eigenvalue weighted by Crippen LogP contribution is -2.24. The van der Waals surface area contributed by atoms with E-state index in [1.54, 1.807) is 6.92 Å². The smallest absolute Gasteiger partial charge is 0.332 e. The Bertz CT molecular complexity index is 393. The van der Waals surface area contributed by atoms with Gasteiger partial charge in [0, 0.05) is 10.0 Å². The molecule has 0 aromatic heterocycles. The van der Waals surface area contributed by atoms with Gasteiger partial charge in [-0.15, -0.1) is 0 Å². The summed E-state index contributed by atoms with van der Waals surface area (Å²) in [5, 5.41) is 0. The Hall–Kier alpha value is -1.01. The topological polar surface area (TPSA) is 35.5 Å². The lowest BCUT2D eigenvalue weighted by atomic mass is 10.1. The molecule has 0 aliphatic rings. The molecule has 0 saturated carbocycles. The Kier molecular flexibility index (Phi) is 5.68. The summed E-state index contributed by atoms with van der Waals surface area (Å²) in [7, 11) is 0. The fourth-order valence-corrected chi connectivity index (χ4v) is 1.51. The van der Waals surface area contributed by atoms with Crippen LogP contribution in [0.4, 0.5) is 8.78 Å². The maximum Gasteiger partial charge on any atom is 0.332 e. The molecule has 0 aliphatic heterocycles. The Balaban J connectivity index is 2.49. The Morgan fingerprint density at radius 3 is 2.50 bits per heavy atom. The summed E-state index contributed by atoms with van der Waals surface area (Å²) >= 11 is 3.16. The van der Waals surface area contributed by atoms with Crippen LogP contribution >= 0.6 is 15.9 Å². The zero-order valence-corrected chi connectivity index (χ0v) is 11.4. The van der Waals surface area contributed by atoms with Crippen LogP contribution in [0.3, 0.4) is 0 Å². The van der Waals surface area contributed by atoms with Gasteiger partial charge < -0.3 is 9.47 Å². The van der Waals surface area contributed by atoms with E-state index in [0.717, 1.165) is 4.47 Å². The van der Waals surface area contributed by atoms with Crippen molar-refractivity contribution in [1.82, 2.24) is 0 Å². The van der Waals surface area contributed by atoms with Gasteiger partial charge in [-0.25, -0.2) is 4.79 Å². The van der Waals surface area contributed by atoms with Crippen LogP contribution in [0.1, 0.15) is 12.5 Å². The van der Waals surface area contributed by atoms with Crippen molar-refractivity contribution in [1.29, 1.82) is 0 Å². The van der Waals surface area contributed by atoms with Gasteiger partial charge in [-0.1, -0.05) is 28.1 Å². The third kappa shape index (κ3) is 4.70. The number of carbonyl (C=O) groups is 1. The number of carbonyl (C=O) groups excluding carboxylic acids is 1. The van der Waals surface area contributed by atoms with Crippen LogP contribution < -0.4 is 0 Å². The van der Waals surface area contributed by atoms with Gasteiger partial charge >= 0.3 is 5.97 Å². The second-order valence-electron chi connectivity index (χ2n) is 3.51. The number of hydrogen-bond donors (Lipinski definition) is 0. The standard InChI is InChI=1S/C12H13BrF2O3/c1-2-18-11(16)7-17-8-12(14,15)9-3-5-10(13)6-4-9/h3-6H,2,7-8H2,1H3. The second-order valence-corrected chi connectivity index (χ2v) is 4.42. The summed E-state index contributed by atoms with van der Waals surface area (Å²) in [6, 6.07) is 5.65. The van der Waals surface area contributed by atoms with Gasteiger partial charge in [0.05, 0.1) is 6.61 Å². The quantitative estimate of drug-likeness (QED) is 0.755. The van der Waals surface area contributed by atoms with Gasteiger partial charge in [0.2, 0.25) is 0 Å². The summed E-state index contributed by atoms with van der Waals surface area (Å²) in [5.41, 5.74) is -0.158. The molecule has 3 nitrogen and oxygen atoms in total. The number of esters is 1.